The molecule has 0 aliphatic heterocycles. The van der Waals surface area contributed by atoms with Gasteiger partial charge in [-0.25, -0.2) is 8.42 Å². The Morgan fingerprint density at radius 3 is 2.35 bits per heavy atom. The number of aryl methyl sites for hydroxylation is 1. The van der Waals surface area contributed by atoms with Crippen LogP contribution in [0.25, 0.3) is 10.9 Å². The van der Waals surface area contributed by atoms with Crippen molar-refractivity contribution in [2.45, 2.75) is 22.8 Å². The number of sulfone groups is 1. The number of carbonyl (C=O) groups excluding carboxylic acids is 1. The lowest BCUT2D eigenvalue weighted by Gasteiger charge is -2.02. The lowest BCUT2D eigenvalue weighted by molar-refractivity contribution is -0.111. The Morgan fingerprint density at radius 2 is 1.65 bits per heavy atom. The molecule has 1 heterocycles. The Labute approximate surface area is 139 Å². The molecule has 0 atom stereocenters. The van der Waals surface area contributed by atoms with E-state index >= 15 is 0 Å². The zero-order valence-corrected chi connectivity index (χ0v) is 13.7. The molecule has 0 saturated heterocycles. The van der Waals surface area contributed by atoms with E-state index in [1.165, 1.54) is 0 Å². The fourth-order valence-corrected chi connectivity index (χ4v) is 4.13. The third-order valence-electron chi connectivity index (χ3n) is 3.64. The largest absolute Gasteiger partial charge is 0.346 e. The maximum absolute atomic E-state index is 12.9. The van der Waals surface area contributed by atoms with Crippen molar-refractivity contribution in [3.8, 4) is 0 Å². The van der Waals surface area contributed by atoms with Crippen LogP contribution < -0.4 is 0 Å². The van der Waals surface area contributed by atoms with Gasteiger partial charge in [0.1, 0.15) is 0 Å². The summed E-state index contributed by atoms with van der Waals surface area (Å²) in [6.45, 7) is 0.340. The van der Waals surface area contributed by atoms with Gasteiger partial charge in [0.2, 0.25) is 15.1 Å². The van der Waals surface area contributed by atoms with Crippen LogP contribution in [0.5, 0.6) is 0 Å². The van der Waals surface area contributed by atoms with E-state index in [-0.39, 0.29) is 16.2 Å². The van der Waals surface area contributed by atoms with E-state index in [4.69, 9.17) is 11.6 Å². The van der Waals surface area contributed by atoms with E-state index in [1.54, 1.807) is 53.2 Å². The van der Waals surface area contributed by atoms with E-state index in [0.29, 0.717) is 11.9 Å². The second kappa shape index (κ2) is 6.18. The first-order valence-corrected chi connectivity index (χ1v) is 8.92. The molecule has 0 fully saturated rings. The summed E-state index contributed by atoms with van der Waals surface area (Å²) < 4.78 is 27.5. The van der Waals surface area contributed by atoms with Crippen molar-refractivity contribution in [2.24, 2.45) is 0 Å². The second-order valence-corrected chi connectivity index (χ2v) is 7.47. The Bertz CT molecular complexity index is 962. The zero-order chi connectivity index (χ0) is 16.4. The summed E-state index contributed by atoms with van der Waals surface area (Å²) in [5, 5.41) is 0.189. The van der Waals surface area contributed by atoms with Crippen molar-refractivity contribution >= 4 is 37.6 Å². The van der Waals surface area contributed by atoms with Gasteiger partial charge in [0.25, 0.3) is 0 Å². The van der Waals surface area contributed by atoms with E-state index in [2.05, 4.69) is 0 Å². The van der Waals surface area contributed by atoms with Gasteiger partial charge >= 0.3 is 0 Å². The van der Waals surface area contributed by atoms with Crippen molar-refractivity contribution in [1.82, 2.24) is 4.57 Å². The molecular weight excluding hydrogens is 334 g/mol. The van der Waals surface area contributed by atoms with Crippen molar-refractivity contribution in [2.75, 3.05) is 0 Å². The first-order valence-electron chi connectivity index (χ1n) is 7.06. The SMILES string of the molecule is O=C(Cl)CCn1cc(S(=O)(=O)c2ccccc2)c2ccccc21. The third-order valence-corrected chi connectivity index (χ3v) is 5.63. The summed E-state index contributed by atoms with van der Waals surface area (Å²) >= 11 is 5.40. The highest BCUT2D eigenvalue weighted by atomic mass is 35.5. The summed E-state index contributed by atoms with van der Waals surface area (Å²) in [5.74, 6) is 0. The Kier molecular flexibility index (Phi) is 4.24. The zero-order valence-electron chi connectivity index (χ0n) is 12.1. The summed E-state index contributed by atoms with van der Waals surface area (Å²) in [6, 6.07) is 15.5. The number of aromatic nitrogens is 1. The summed E-state index contributed by atoms with van der Waals surface area (Å²) in [4.78, 5) is 11.5. The van der Waals surface area contributed by atoms with E-state index in [9.17, 15) is 13.2 Å². The van der Waals surface area contributed by atoms with Crippen LogP contribution in [0.1, 0.15) is 6.42 Å². The highest BCUT2D eigenvalue weighted by Gasteiger charge is 2.23. The van der Waals surface area contributed by atoms with Gasteiger partial charge in [-0.3, -0.25) is 4.79 Å². The number of nitrogens with zero attached hydrogens (tertiary/aromatic N) is 1. The maximum atomic E-state index is 12.9. The van der Waals surface area contributed by atoms with Crippen LogP contribution in [-0.4, -0.2) is 18.2 Å². The summed E-state index contributed by atoms with van der Waals surface area (Å²) in [5.41, 5.74) is 0.764. The average Bonchev–Trinajstić information content (AvgIpc) is 2.93. The lowest BCUT2D eigenvalue weighted by atomic mass is 10.2. The van der Waals surface area contributed by atoms with Gasteiger partial charge in [0.05, 0.1) is 9.79 Å². The monoisotopic (exact) mass is 347 g/mol. The molecule has 0 aliphatic carbocycles. The number of rotatable bonds is 5. The number of halogens is 1. The fourth-order valence-electron chi connectivity index (χ4n) is 2.55. The second-order valence-electron chi connectivity index (χ2n) is 5.13. The van der Waals surface area contributed by atoms with Crippen LogP contribution >= 0.6 is 11.6 Å². The molecule has 0 bridgehead atoms. The van der Waals surface area contributed by atoms with E-state index in [0.717, 1.165) is 5.52 Å². The molecule has 0 aliphatic rings. The van der Waals surface area contributed by atoms with Gasteiger partial charge in [0, 0.05) is 30.1 Å². The van der Waals surface area contributed by atoms with Crippen LogP contribution in [0.15, 0.2) is 70.6 Å². The van der Waals surface area contributed by atoms with Gasteiger partial charge in [-0.2, -0.15) is 0 Å². The summed E-state index contributed by atoms with van der Waals surface area (Å²) in [7, 11) is -3.62. The molecule has 6 heteroatoms. The van der Waals surface area contributed by atoms with E-state index < -0.39 is 15.1 Å². The number of hydrogen-bond acceptors (Lipinski definition) is 3. The van der Waals surface area contributed by atoms with Crippen molar-refractivity contribution < 1.29 is 13.2 Å². The number of fused-ring (bicyclic) bond motifs is 1. The topological polar surface area (TPSA) is 56.1 Å². The minimum absolute atomic E-state index is 0.144. The standard InChI is InChI=1S/C17H14ClNO3S/c18-17(20)10-11-19-12-16(14-8-4-5-9-15(14)19)23(21,22)13-6-2-1-3-7-13/h1-9,12H,10-11H2. The van der Waals surface area contributed by atoms with Crippen molar-refractivity contribution in [3.63, 3.8) is 0 Å². The predicted molar refractivity (Wildman–Crippen MR) is 89.3 cm³/mol. The van der Waals surface area contributed by atoms with Gasteiger partial charge in [-0.05, 0) is 29.8 Å². The Balaban J connectivity index is 2.17. The number of carbonyl (C=O) groups is 1. The molecule has 118 valence electrons. The smallest absolute Gasteiger partial charge is 0.223 e. The van der Waals surface area contributed by atoms with Crippen LogP contribution in [0.2, 0.25) is 0 Å². The minimum atomic E-state index is -3.62. The fraction of sp³-hybridized carbons (Fsp3) is 0.118. The van der Waals surface area contributed by atoms with Crippen LogP contribution in [0.3, 0.4) is 0 Å². The van der Waals surface area contributed by atoms with Gasteiger partial charge < -0.3 is 4.57 Å². The van der Waals surface area contributed by atoms with Crippen molar-refractivity contribution in [3.05, 3.63) is 60.8 Å². The van der Waals surface area contributed by atoms with E-state index in [1.807, 2.05) is 12.1 Å². The molecule has 0 saturated carbocycles. The third kappa shape index (κ3) is 3.02. The molecule has 23 heavy (non-hydrogen) atoms. The highest BCUT2D eigenvalue weighted by molar-refractivity contribution is 7.91. The Morgan fingerprint density at radius 1 is 1.00 bits per heavy atom. The molecule has 4 nitrogen and oxygen atoms in total. The molecule has 0 N–H and O–H groups in total. The first-order chi connectivity index (χ1) is 11.0. The van der Waals surface area contributed by atoms with Gasteiger partial charge in [-0.15, -0.1) is 0 Å². The molecule has 0 amide bonds. The number of hydrogen-bond donors (Lipinski definition) is 0. The maximum Gasteiger partial charge on any atom is 0.223 e. The van der Waals surface area contributed by atoms with Crippen LogP contribution in [0.4, 0.5) is 0 Å². The van der Waals surface area contributed by atoms with Gasteiger partial charge in [0.15, 0.2) is 0 Å². The molecule has 0 spiro atoms. The Hall–Kier alpha value is -2.11. The molecule has 0 radical (unpaired) electrons. The number of benzene rings is 2. The van der Waals surface area contributed by atoms with Crippen LogP contribution in [-0.2, 0) is 21.2 Å². The number of para-hydroxylation sites is 1. The normalized spacial score (nSPS) is 11.7. The van der Waals surface area contributed by atoms with Gasteiger partial charge in [-0.1, -0.05) is 36.4 Å². The molecule has 3 aromatic rings. The molecule has 3 rings (SSSR count). The quantitative estimate of drug-likeness (QED) is 0.662. The average molecular weight is 348 g/mol. The van der Waals surface area contributed by atoms with Crippen molar-refractivity contribution in [1.29, 1.82) is 0 Å². The molecular formula is C17H14ClNO3S. The molecule has 1 aromatic heterocycles. The highest BCUT2D eigenvalue weighted by Crippen LogP contribution is 2.30. The lowest BCUT2D eigenvalue weighted by Crippen LogP contribution is -2.02. The first kappa shape index (κ1) is 15.8. The molecule has 2 aromatic carbocycles. The van der Waals surface area contributed by atoms with Crippen LogP contribution in [0, 0.1) is 0 Å². The summed E-state index contributed by atoms with van der Waals surface area (Å²) in [6.07, 6.45) is 1.72. The minimum Gasteiger partial charge on any atom is -0.346 e. The molecule has 0 unspecified atom stereocenters. The predicted octanol–water partition coefficient (Wildman–Crippen LogP) is 3.63.